The Morgan fingerprint density at radius 2 is 2.11 bits per heavy atom. The molecule has 1 saturated heterocycles. The fourth-order valence-corrected chi connectivity index (χ4v) is 2.68. The summed E-state index contributed by atoms with van der Waals surface area (Å²) in [5.74, 6) is 0.209. The van der Waals surface area contributed by atoms with Crippen LogP contribution in [0.5, 0.6) is 0 Å². The first-order valence-corrected chi connectivity index (χ1v) is 6.99. The average Bonchev–Trinajstić information content (AvgIpc) is 2.48. The summed E-state index contributed by atoms with van der Waals surface area (Å²) in [6, 6.07) is 5.73. The van der Waals surface area contributed by atoms with Crippen molar-refractivity contribution in [2.75, 3.05) is 31.5 Å². The van der Waals surface area contributed by atoms with E-state index in [9.17, 15) is 4.79 Å². The maximum absolute atomic E-state index is 12.3. The molecule has 1 aromatic rings. The molecule has 0 bridgehead atoms. The topological polar surface area (TPSA) is 44.7 Å². The van der Waals surface area contributed by atoms with Gasteiger partial charge in [-0.15, -0.1) is 0 Å². The molecule has 4 nitrogen and oxygen atoms in total. The predicted octanol–water partition coefficient (Wildman–Crippen LogP) is 2.48. The number of likely N-dealkylation sites (tertiary alicyclic amines) is 1. The molecule has 2 heterocycles. The average molecular weight is 257 g/mol. The van der Waals surface area contributed by atoms with Gasteiger partial charge in [0.2, 0.25) is 0 Å². The molecule has 1 aromatic carbocycles. The maximum Gasteiger partial charge on any atom is 0.176 e. The molecule has 0 unspecified atom stereocenters. The lowest BCUT2D eigenvalue weighted by Crippen LogP contribution is -2.34. The summed E-state index contributed by atoms with van der Waals surface area (Å²) in [6.45, 7) is 3.39. The number of benzene rings is 1. The summed E-state index contributed by atoms with van der Waals surface area (Å²) in [7, 11) is 0. The van der Waals surface area contributed by atoms with Crippen molar-refractivity contribution in [2.24, 2.45) is 4.99 Å². The lowest BCUT2D eigenvalue weighted by Gasteiger charge is -2.25. The Labute approximate surface area is 113 Å². The Morgan fingerprint density at radius 1 is 1.26 bits per heavy atom. The van der Waals surface area contributed by atoms with Gasteiger partial charge in [0.15, 0.2) is 5.78 Å². The molecular formula is C15H19N3O. The fourth-order valence-electron chi connectivity index (χ4n) is 2.68. The van der Waals surface area contributed by atoms with Gasteiger partial charge in [0, 0.05) is 11.8 Å². The molecule has 19 heavy (non-hydrogen) atoms. The highest BCUT2D eigenvalue weighted by atomic mass is 16.1. The Balaban J connectivity index is 1.71. The van der Waals surface area contributed by atoms with Crippen molar-refractivity contribution in [3.8, 4) is 0 Å². The minimum Gasteiger partial charge on any atom is -0.378 e. The molecular weight excluding hydrogens is 238 g/mol. The molecule has 1 N–H and O–H groups in total. The number of ketones is 1. The van der Waals surface area contributed by atoms with Crippen molar-refractivity contribution in [2.45, 2.75) is 19.3 Å². The summed E-state index contributed by atoms with van der Waals surface area (Å²) in [5, 5.41) is 3.25. The van der Waals surface area contributed by atoms with E-state index in [0.717, 1.165) is 36.6 Å². The number of Topliss-reactive ketones (excluding diaryl/α,β-unsaturated/α-hetero) is 1. The zero-order valence-electron chi connectivity index (χ0n) is 11.1. The van der Waals surface area contributed by atoms with Crippen LogP contribution in [0.1, 0.15) is 29.6 Å². The third kappa shape index (κ3) is 2.84. The van der Waals surface area contributed by atoms with Gasteiger partial charge in [0.1, 0.15) is 0 Å². The molecule has 1 fully saturated rings. The number of nitrogens with zero attached hydrogens (tertiary/aromatic N) is 2. The SMILES string of the molecule is O=C(CN1CCCCC1)c1ccc2c(c1)NCC=N2. The standard InChI is InChI=1S/C15H19N3O/c19-15(11-18-8-2-1-3-9-18)12-4-5-13-14(10-12)17-7-6-16-13/h4-6,10,17H,1-3,7-9,11H2. The first-order chi connectivity index (χ1) is 9.33. The molecule has 4 heteroatoms. The van der Waals surface area contributed by atoms with Crippen LogP contribution in [0, 0.1) is 0 Å². The molecule has 0 aromatic heterocycles. The van der Waals surface area contributed by atoms with Crippen molar-refractivity contribution in [1.82, 2.24) is 4.90 Å². The van der Waals surface area contributed by atoms with Gasteiger partial charge in [-0.1, -0.05) is 6.42 Å². The molecule has 3 rings (SSSR count). The van der Waals surface area contributed by atoms with E-state index < -0.39 is 0 Å². The van der Waals surface area contributed by atoms with Gasteiger partial charge >= 0.3 is 0 Å². The number of anilines is 1. The molecule has 0 radical (unpaired) electrons. The second kappa shape index (κ2) is 5.53. The second-order valence-electron chi connectivity index (χ2n) is 5.18. The Morgan fingerprint density at radius 3 is 2.95 bits per heavy atom. The van der Waals surface area contributed by atoms with E-state index in [1.807, 2.05) is 24.4 Å². The number of carbonyl (C=O) groups excluding carboxylic acids is 1. The number of piperidine rings is 1. The molecule has 100 valence electrons. The normalized spacial score (nSPS) is 18.7. The number of nitrogens with one attached hydrogen (secondary N) is 1. The van der Waals surface area contributed by atoms with E-state index in [0.29, 0.717) is 6.54 Å². The van der Waals surface area contributed by atoms with Crippen molar-refractivity contribution < 1.29 is 4.79 Å². The first-order valence-electron chi connectivity index (χ1n) is 6.99. The quantitative estimate of drug-likeness (QED) is 0.846. The van der Waals surface area contributed by atoms with Crippen LogP contribution in [0.4, 0.5) is 11.4 Å². The predicted molar refractivity (Wildman–Crippen MR) is 77.7 cm³/mol. The third-order valence-corrected chi connectivity index (χ3v) is 3.75. The summed E-state index contributed by atoms with van der Waals surface area (Å²) in [6.07, 6.45) is 5.57. The molecule has 0 saturated carbocycles. The largest absolute Gasteiger partial charge is 0.378 e. The van der Waals surface area contributed by atoms with Crippen LogP contribution in [-0.4, -0.2) is 43.1 Å². The number of hydrogen-bond acceptors (Lipinski definition) is 4. The van der Waals surface area contributed by atoms with Crippen molar-refractivity contribution >= 4 is 23.4 Å². The highest BCUT2D eigenvalue weighted by Crippen LogP contribution is 2.27. The summed E-state index contributed by atoms with van der Waals surface area (Å²) >= 11 is 0. The molecule has 0 amide bonds. The van der Waals surface area contributed by atoms with Crippen LogP contribution in [-0.2, 0) is 0 Å². The van der Waals surface area contributed by atoms with E-state index in [-0.39, 0.29) is 5.78 Å². The zero-order chi connectivity index (χ0) is 13.1. The van der Waals surface area contributed by atoms with Crippen molar-refractivity contribution in [1.29, 1.82) is 0 Å². The molecule has 2 aliphatic rings. The summed E-state index contributed by atoms with van der Waals surface area (Å²) in [5.41, 5.74) is 2.67. The molecule has 0 spiro atoms. The maximum atomic E-state index is 12.3. The van der Waals surface area contributed by atoms with Crippen molar-refractivity contribution in [3.63, 3.8) is 0 Å². The van der Waals surface area contributed by atoms with E-state index in [4.69, 9.17) is 0 Å². The monoisotopic (exact) mass is 257 g/mol. The highest BCUT2D eigenvalue weighted by Gasteiger charge is 2.16. The second-order valence-corrected chi connectivity index (χ2v) is 5.18. The molecule has 2 aliphatic heterocycles. The highest BCUT2D eigenvalue weighted by molar-refractivity contribution is 5.99. The fraction of sp³-hybridized carbons (Fsp3) is 0.467. The van der Waals surface area contributed by atoms with E-state index in [1.165, 1.54) is 19.3 Å². The first kappa shape index (κ1) is 12.4. The molecule has 0 aliphatic carbocycles. The summed E-state index contributed by atoms with van der Waals surface area (Å²) < 4.78 is 0. The Bertz CT molecular complexity index is 504. The minimum atomic E-state index is 0.209. The van der Waals surface area contributed by atoms with Gasteiger partial charge in [-0.2, -0.15) is 0 Å². The number of hydrogen-bond donors (Lipinski definition) is 1. The number of aliphatic imine (C=N–C) groups is 1. The minimum absolute atomic E-state index is 0.209. The van der Waals surface area contributed by atoms with Crippen LogP contribution in [0.15, 0.2) is 23.2 Å². The lowest BCUT2D eigenvalue weighted by molar-refractivity contribution is 0.0916. The Kier molecular flexibility index (Phi) is 3.60. The Hall–Kier alpha value is -1.68. The van der Waals surface area contributed by atoms with Gasteiger partial charge < -0.3 is 5.32 Å². The molecule has 0 atom stereocenters. The summed E-state index contributed by atoms with van der Waals surface area (Å²) in [4.78, 5) is 18.9. The van der Waals surface area contributed by atoms with Crippen LogP contribution in [0.3, 0.4) is 0 Å². The number of rotatable bonds is 3. The lowest BCUT2D eigenvalue weighted by atomic mass is 10.1. The third-order valence-electron chi connectivity index (χ3n) is 3.75. The van der Waals surface area contributed by atoms with E-state index >= 15 is 0 Å². The number of fused-ring (bicyclic) bond motifs is 1. The van der Waals surface area contributed by atoms with Crippen LogP contribution >= 0.6 is 0 Å². The van der Waals surface area contributed by atoms with Gasteiger partial charge in [-0.05, 0) is 44.1 Å². The van der Waals surface area contributed by atoms with Crippen LogP contribution < -0.4 is 5.32 Å². The smallest absolute Gasteiger partial charge is 0.176 e. The van der Waals surface area contributed by atoms with Crippen molar-refractivity contribution in [3.05, 3.63) is 23.8 Å². The van der Waals surface area contributed by atoms with Crippen LogP contribution in [0.2, 0.25) is 0 Å². The van der Waals surface area contributed by atoms with Gasteiger partial charge in [0.25, 0.3) is 0 Å². The number of carbonyl (C=O) groups is 1. The van der Waals surface area contributed by atoms with E-state index in [2.05, 4.69) is 15.2 Å². The van der Waals surface area contributed by atoms with Gasteiger partial charge in [-0.25, -0.2) is 0 Å². The van der Waals surface area contributed by atoms with Gasteiger partial charge in [-0.3, -0.25) is 14.7 Å². The van der Waals surface area contributed by atoms with E-state index in [1.54, 1.807) is 0 Å². The van der Waals surface area contributed by atoms with Crippen LogP contribution in [0.25, 0.3) is 0 Å². The zero-order valence-corrected chi connectivity index (χ0v) is 11.1. The van der Waals surface area contributed by atoms with Gasteiger partial charge in [0.05, 0.1) is 24.5 Å².